The molecule has 0 aromatic rings. The summed E-state index contributed by atoms with van der Waals surface area (Å²) in [5.74, 6) is 0. The first-order valence-electron chi connectivity index (χ1n) is 5.94. The lowest BCUT2D eigenvalue weighted by Gasteiger charge is -2.37. The van der Waals surface area contributed by atoms with Gasteiger partial charge in [0.25, 0.3) is 0 Å². The van der Waals surface area contributed by atoms with Crippen LogP contribution in [-0.4, -0.2) is 61.7 Å². The summed E-state index contributed by atoms with van der Waals surface area (Å²) in [5, 5.41) is 9.23. The largest absolute Gasteiger partial charge is 0.395 e. The van der Waals surface area contributed by atoms with Gasteiger partial charge in [-0.15, -0.1) is 0 Å². The number of aliphatic hydroxyl groups excluding tert-OH is 1. The molecule has 0 aliphatic carbocycles. The van der Waals surface area contributed by atoms with Crippen LogP contribution in [0, 0.1) is 0 Å². The van der Waals surface area contributed by atoms with E-state index in [2.05, 4.69) is 4.90 Å². The summed E-state index contributed by atoms with van der Waals surface area (Å²) >= 11 is 0. The first-order chi connectivity index (χ1) is 7.40. The summed E-state index contributed by atoms with van der Waals surface area (Å²) in [6.07, 6.45) is 4.00. The second-order valence-electron chi connectivity index (χ2n) is 4.39. The van der Waals surface area contributed by atoms with Gasteiger partial charge >= 0.3 is 0 Å². The van der Waals surface area contributed by atoms with Crippen LogP contribution in [-0.2, 0) is 9.47 Å². The van der Waals surface area contributed by atoms with Crippen molar-refractivity contribution in [3.63, 3.8) is 0 Å². The minimum Gasteiger partial charge on any atom is -0.395 e. The summed E-state index contributed by atoms with van der Waals surface area (Å²) in [5.41, 5.74) is 0. The van der Waals surface area contributed by atoms with Crippen molar-refractivity contribution in [1.29, 1.82) is 0 Å². The molecule has 0 spiro atoms. The maximum atomic E-state index is 9.23. The molecular formula is C11H21NO3. The van der Waals surface area contributed by atoms with Crippen molar-refractivity contribution in [2.75, 3.05) is 39.5 Å². The number of ether oxygens (including phenoxy) is 2. The molecule has 0 aromatic heterocycles. The highest BCUT2D eigenvalue weighted by Gasteiger charge is 2.25. The number of nitrogens with zero attached hydrogens (tertiary/aromatic N) is 1. The zero-order chi connectivity index (χ0) is 10.5. The Kier molecular flexibility index (Phi) is 4.38. The van der Waals surface area contributed by atoms with Gasteiger partial charge in [0.2, 0.25) is 0 Å². The predicted molar refractivity (Wildman–Crippen MR) is 56.9 cm³/mol. The van der Waals surface area contributed by atoms with E-state index < -0.39 is 0 Å². The lowest BCUT2D eigenvalue weighted by molar-refractivity contribution is -0.0654. The van der Waals surface area contributed by atoms with Crippen molar-refractivity contribution in [2.45, 2.75) is 31.4 Å². The van der Waals surface area contributed by atoms with E-state index in [1.54, 1.807) is 0 Å². The highest BCUT2D eigenvalue weighted by atomic mass is 16.5. The van der Waals surface area contributed by atoms with Gasteiger partial charge in [0.1, 0.15) is 0 Å². The fraction of sp³-hybridized carbons (Fsp3) is 1.00. The number of rotatable bonds is 3. The molecule has 88 valence electrons. The van der Waals surface area contributed by atoms with Gasteiger partial charge in [0.15, 0.2) is 0 Å². The van der Waals surface area contributed by atoms with Crippen LogP contribution in [0.2, 0.25) is 0 Å². The average molecular weight is 215 g/mol. The van der Waals surface area contributed by atoms with E-state index in [1.807, 2.05) is 0 Å². The van der Waals surface area contributed by atoms with Crippen molar-refractivity contribution >= 4 is 0 Å². The fourth-order valence-corrected chi connectivity index (χ4v) is 2.31. The van der Waals surface area contributed by atoms with Gasteiger partial charge in [-0.05, 0) is 19.3 Å². The second-order valence-corrected chi connectivity index (χ2v) is 4.39. The van der Waals surface area contributed by atoms with Crippen LogP contribution in [0.1, 0.15) is 19.3 Å². The van der Waals surface area contributed by atoms with Crippen LogP contribution in [0.5, 0.6) is 0 Å². The third-order valence-electron chi connectivity index (χ3n) is 3.27. The molecule has 2 aliphatic rings. The van der Waals surface area contributed by atoms with Gasteiger partial charge < -0.3 is 14.6 Å². The zero-order valence-corrected chi connectivity index (χ0v) is 9.23. The Hall–Kier alpha value is -0.160. The lowest BCUT2D eigenvalue weighted by Crippen LogP contribution is -2.50. The topological polar surface area (TPSA) is 41.9 Å². The van der Waals surface area contributed by atoms with Crippen LogP contribution < -0.4 is 0 Å². The number of hydrogen-bond acceptors (Lipinski definition) is 4. The summed E-state index contributed by atoms with van der Waals surface area (Å²) in [4.78, 5) is 2.31. The molecule has 2 atom stereocenters. The van der Waals surface area contributed by atoms with Crippen molar-refractivity contribution in [2.24, 2.45) is 0 Å². The molecular weight excluding hydrogens is 194 g/mol. The monoisotopic (exact) mass is 215 g/mol. The highest BCUT2D eigenvalue weighted by Crippen LogP contribution is 2.16. The molecule has 1 N–H and O–H groups in total. The fourth-order valence-electron chi connectivity index (χ4n) is 2.31. The molecule has 2 heterocycles. The summed E-state index contributed by atoms with van der Waals surface area (Å²) < 4.78 is 11.1. The summed E-state index contributed by atoms with van der Waals surface area (Å²) in [6.45, 7) is 4.40. The third-order valence-corrected chi connectivity index (χ3v) is 3.27. The minimum absolute atomic E-state index is 0.171. The second kappa shape index (κ2) is 5.80. The van der Waals surface area contributed by atoms with Gasteiger partial charge in [-0.1, -0.05) is 0 Å². The van der Waals surface area contributed by atoms with Crippen LogP contribution in [0.3, 0.4) is 0 Å². The van der Waals surface area contributed by atoms with Gasteiger partial charge in [-0.2, -0.15) is 0 Å². The molecule has 2 rings (SSSR count). The average Bonchev–Trinajstić information content (AvgIpc) is 2.31. The Bertz CT molecular complexity index is 183. The molecule has 0 aromatic carbocycles. The minimum atomic E-state index is 0.171. The van der Waals surface area contributed by atoms with Crippen molar-refractivity contribution < 1.29 is 14.6 Å². The van der Waals surface area contributed by atoms with Crippen LogP contribution in [0.15, 0.2) is 0 Å². The van der Waals surface area contributed by atoms with Crippen LogP contribution >= 0.6 is 0 Å². The maximum absolute atomic E-state index is 9.23. The molecule has 15 heavy (non-hydrogen) atoms. The Balaban J connectivity index is 1.79. The van der Waals surface area contributed by atoms with E-state index in [1.165, 1.54) is 12.8 Å². The first-order valence-corrected chi connectivity index (χ1v) is 5.94. The molecule has 4 heteroatoms. The van der Waals surface area contributed by atoms with E-state index in [9.17, 15) is 5.11 Å². The molecule has 4 nitrogen and oxygen atoms in total. The quantitative estimate of drug-likeness (QED) is 0.732. The molecule has 0 radical (unpaired) electrons. The lowest BCUT2D eigenvalue weighted by atomic mass is 10.1. The molecule has 2 aliphatic heterocycles. The standard InChI is InChI=1S/C11H21NO3/c13-8-10-9-14-6-4-12(10)7-11-3-1-2-5-15-11/h10-11,13H,1-9H2. The molecule has 0 saturated carbocycles. The summed E-state index contributed by atoms with van der Waals surface area (Å²) in [7, 11) is 0. The van der Waals surface area contributed by atoms with Gasteiger partial charge in [0, 0.05) is 19.7 Å². The van der Waals surface area contributed by atoms with E-state index in [4.69, 9.17) is 9.47 Å². The molecule has 2 unspecified atom stereocenters. The zero-order valence-electron chi connectivity index (χ0n) is 9.23. The summed E-state index contributed by atoms with van der Waals surface area (Å²) in [6, 6.07) is 0.171. The molecule has 0 bridgehead atoms. The Labute approximate surface area is 91.2 Å². The number of morpholine rings is 1. The van der Waals surface area contributed by atoms with Crippen molar-refractivity contribution in [3.05, 3.63) is 0 Å². The highest BCUT2D eigenvalue weighted by molar-refractivity contribution is 4.78. The van der Waals surface area contributed by atoms with Gasteiger partial charge in [-0.25, -0.2) is 0 Å². The molecule has 2 saturated heterocycles. The van der Waals surface area contributed by atoms with Gasteiger partial charge in [-0.3, -0.25) is 4.90 Å². The van der Waals surface area contributed by atoms with Crippen molar-refractivity contribution in [3.8, 4) is 0 Å². The number of aliphatic hydroxyl groups is 1. The van der Waals surface area contributed by atoms with E-state index in [-0.39, 0.29) is 12.6 Å². The number of hydrogen-bond donors (Lipinski definition) is 1. The molecule has 0 amide bonds. The van der Waals surface area contributed by atoms with E-state index in [0.717, 1.165) is 32.7 Å². The SMILES string of the molecule is OCC1COCCN1CC1CCCCO1. The molecule has 2 fully saturated rings. The third kappa shape index (κ3) is 3.14. The smallest absolute Gasteiger partial charge is 0.0702 e. The first kappa shape index (κ1) is 11.3. The predicted octanol–water partition coefficient (Wildman–Crippen LogP) is 0.249. The van der Waals surface area contributed by atoms with E-state index >= 15 is 0 Å². The van der Waals surface area contributed by atoms with E-state index in [0.29, 0.717) is 12.7 Å². The normalized spacial score (nSPS) is 34.2. The maximum Gasteiger partial charge on any atom is 0.0702 e. The van der Waals surface area contributed by atoms with Crippen LogP contribution in [0.25, 0.3) is 0 Å². The van der Waals surface area contributed by atoms with Crippen molar-refractivity contribution in [1.82, 2.24) is 4.90 Å². The Morgan fingerprint density at radius 1 is 1.27 bits per heavy atom. The Morgan fingerprint density at radius 3 is 2.93 bits per heavy atom. The Morgan fingerprint density at radius 2 is 2.20 bits per heavy atom. The van der Waals surface area contributed by atoms with Crippen LogP contribution in [0.4, 0.5) is 0 Å². The van der Waals surface area contributed by atoms with Gasteiger partial charge in [0.05, 0.1) is 32.0 Å².